The van der Waals surface area contributed by atoms with Gasteiger partial charge in [-0.05, 0) is 30.0 Å². The van der Waals surface area contributed by atoms with Crippen LogP contribution in [0.4, 0.5) is 0 Å². The lowest BCUT2D eigenvalue weighted by Gasteiger charge is -2.30. The topological polar surface area (TPSA) is 78.4 Å². The third-order valence-electron chi connectivity index (χ3n) is 3.35. The second-order valence-corrected chi connectivity index (χ2v) is 5.62. The van der Waals surface area contributed by atoms with Crippen LogP contribution in [0.3, 0.4) is 0 Å². The van der Waals surface area contributed by atoms with E-state index in [0.717, 1.165) is 5.56 Å². The van der Waals surface area contributed by atoms with Crippen LogP contribution in [0.1, 0.15) is 25.8 Å². The lowest BCUT2D eigenvalue weighted by Crippen LogP contribution is -2.62. The predicted octanol–water partition coefficient (Wildman–Crippen LogP) is 0.964. The Bertz CT molecular complexity index is 496. The molecule has 0 aromatic heterocycles. The first kappa shape index (κ1) is 14.4. The summed E-state index contributed by atoms with van der Waals surface area (Å²) in [5.74, 6) is 0.257. The molecule has 0 saturated carbocycles. The van der Waals surface area contributed by atoms with Gasteiger partial charge in [0.25, 0.3) is 0 Å². The molecule has 1 aromatic carbocycles. The van der Waals surface area contributed by atoms with Gasteiger partial charge in [-0.2, -0.15) is 0 Å². The molecule has 1 heterocycles. The number of piperazine rings is 1. The maximum absolute atomic E-state index is 12.0. The maximum Gasteiger partial charge on any atom is 0.243 e. The fourth-order valence-corrected chi connectivity index (χ4v) is 2.32. The van der Waals surface area contributed by atoms with E-state index in [1.807, 2.05) is 13.8 Å². The number of phenolic OH excluding ortho intramolecular Hbond substituents is 1. The molecule has 3 N–H and O–H groups in total. The van der Waals surface area contributed by atoms with Crippen LogP contribution in [-0.4, -0.2) is 29.0 Å². The zero-order chi connectivity index (χ0) is 14.7. The van der Waals surface area contributed by atoms with Crippen molar-refractivity contribution in [1.29, 1.82) is 0 Å². The average Bonchev–Trinajstić information content (AvgIpc) is 2.37. The molecule has 5 nitrogen and oxygen atoms in total. The Morgan fingerprint density at radius 3 is 2.20 bits per heavy atom. The summed E-state index contributed by atoms with van der Waals surface area (Å²) >= 11 is 0. The minimum absolute atomic E-state index is 0.123. The second-order valence-electron chi connectivity index (χ2n) is 5.62. The zero-order valence-electron chi connectivity index (χ0n) is 11.7. The highest BCUT2D eigenvalue weighted by atomic mass is 16.3. The molecule has 0 unspecified atom stereocenters. The van der Waals surface area contributed by atoms with Gasteiger partial charge in [-0.25, -0.2) is 0 Å². The first-order valence-corrected chi connectivity index (χ1v) is 6.84. The minimum atomic E-state index is -0.546. The Kier molecular flexibility index (Phi) is 4.27. The van der Waals surface area contributed by atoms with Gasteiger partial charge in [-0.3, -0.25) is 9.59 Å². The van der Waals surface area contributed by atoms with Crippen molar-refractivity contribution in [3.05, 3.63) is 29.8 Å². The van der Waals surface area contributed by atoms with Gasteiger partial charge in [0.1, 0.15) is 17.8 Å². The number of rotatable bonds is 4. The van der Waals surface area contributed by atoms with Crippen LogP contribution in [0.2, 0.25) is 0 Å². The van der Waals surface area contributed by atoms with Crippen LogP contribution >= 0.6 is 0 Å². The number of aromatic hydroxyl groups is 1. The molecule has 2 atom stereocenters. The molecule has 0 radical (unpaired) electrons. The molecule has 0 spiro atoms. The first-order valence-electron chi connectivity index (χ1n) is 6.84. The smallest absolute Gasteiger partial charge is 0.243 e. The number of hydrogen-bond donors (Lipinski definition) is 3. The van der Waals surface area contributed by atoms with E-state index in [-0.39, 0.29) is 17.6 Å². The first-order chi connectivity index (χ1) is 9.45. The molecular formula is C15H20N2O3. The van der Waals surface area contributed by atoms with Crippen LogP contribution in [0, 0.1) is 5.92 Å². The summed E-state index contributed by atoms with van der Waals surface area (Å²) in [5.41, 5.74) is 0.894. The standard InChI is InChI=1S/C15H20N2O3/c1-9(2)7-12-14(19)17-13(15(20)16-12)8-10-3-5-11(18)6-4-10/h3-6,9,12-13,18H,7-8H2,1-2H3,(H,16,20)(H,17,19)/t12-,13-/m1/s1. The summed E-state index contributed by atoms with van der Waals surface area (Å²) < 4.78 is 0. The normalized spacial score (nSPS) is 22.6. The minimum Gasteiger partial charge on any atom is -0.508 e. The van der Waals surface area contributed by atoms with E-state index in [0.29, 0.717) is 18.8 Å². The monoisotopic (exact) mass is 276 g/mol. The van der Waals surface area contributed by atoms with Gasteiger partial charge in [0.15, 0.2) is 0 Å². The van der Waals surface area contributed by atoms with E-state index in [1.165, 1.54) is 0 Å². The van der Waals surface area contributed by atoms with Gasteiger partial charge in [-0.1, -0.05) is 26.0 Å². The lowest BCUT2D eigenvalue weighted by atomic mass is 9.97. The fraction of sp³-hybridized carbons (Fsp3) is 0.467. The summed E-state index contributed by atoms with van der Waals surface area (Å²) in [6, 6.07) is 5.65. The van der Waals surface area contributed by atoms with Crippen molar-refractivity contribution in [1.82, 2.24) is 10.6 Å². The van der Waals surface area contributed by atoms with Gasteiger partial charge >= 0.3 is 0 Å². The van der Waals surface area contributed by atoms with Crippen LogP contribution < -0.4 is 10.6 Å². The van der Waals surface area contributed by atoms with E-state index >= 15 is 0 Å². The van der Waals surface area contributed by atoms with Crippen LogP contribution in [-0.2, 0) is 16.0 Å². The van der Waals surface area contributed by atoms with E-state index < -0.39 is 12.1 Å². The Hall–Kier alpha value is -2.04. The Balaban J connectivity index is 1.99. The van der Waals surface area contributed by atoms with E-state index in [1.54, 1.807) is 24.3 Å². The number of benzene rings is 1. The highest BCUT2D eigenvalue weighted by Gasteiger charge is 2.33. The van der Waals surface area contributed by atoms with Crippen molar-refractivity contribution < 1.29 is 14.7 Å². The third-order valence-corrected chi connectivity index (χ3v) is 3.35. The largest absolute Gasteiger partial charge is 0.508 e. The molecule has 2 rings (SSSR count). The Morgan fingerprint density at radius 1 is 1.05 bits per heavy atom. The number of carbonyl (C=O) groups is 2. The fourth-order valence-electron chi connectivity index (χ4n) is 2.32. The van der Waals surface area contributed by atoms with E-state index in [4.69, 9.17) is 0 Å². The van der Waals surface area contributed by atoms with E-state index in [9.17, 15) is 14.7 Å². The highest BCUT2D eigenvalue weighted by Crippen LogP contribution is 2.14. The quantitative estimate of drug-likeness (QED) is 0.766. The number of nitrogens with one attached hydrogen (secondary N) is 2. The summed E-state index contributed by atoms with van der Waals surface area (Å²) in [6.45, 7) is 4.03. The van der Waals surface area contributed by atoms with Crippen molar-refractivity contribution in [3.63, 3.8) is 0 Å². The highest BCUT2D eigenvalue weighted by molar-refractivity contribution is 5.97. The van der Waals surface area contributed by atoms with Crippen LogP contribution in [0.25, 0.3) is 0 Å². The molecule has 20 heavy (non-hydrogen) atoms. The summed E-state index contributed by atoms with van der Waals surface area (Å²) in [4.78, 5) is 24.0. The number of carbonyl (C=O) groups excluding carboxylic acids is 2. The van der Waals surface area contributed by atoms with Crippen molar-refractivity contribution >= 4 is 11.8 Å². The van der Waals surface area contributed by atoms with E-state index in [2.05, 4.69) is 10.6 Å². The molecule has 1 aromatic rings. The van der Waals surface area contributed by atoms with Crippen molar-refractivity contribution in [2.24, 2.45) is 5.92 Å². The van der Waals surface area contributed by atoms with Crippen molar-refractivity contribution in [3.8, 4) is 5.75 Å². The third kappa shape index (κ3) is 3.50. The summed E-state index contributed by atoms with van der Waals surface area (Å²) in [6.07, 6.45) is 1.07. The van der Waals surface area contributed by atoms with Gasteiger partial charge in [0, 0.05) is 6.42 Å². The molecule has 2 amide bonds. The Morgan fingerprint density at radius 2 is 1.60 bits per heavy atom. The molecule has 1 saturated heterocycles. The van der Waals surface area contributed by atoms with Gasteiger partial charge < -0.3 is 15.7 Å². The molecule has 1 aliphatic rings. The molecule has 5 heteroatoms. The van der Waals surface area contributed by atoms with Gasteiger partial charge in [0.2, 0.25) is 11.8 Å². The van der Waals surface area contributed by atoms with Gasteiger partial charge in [-0.15, -0.1) is 0 Å². The summed E-state index contributed by atoms with van der Waals surface area (Å²) in [7, 11) is 0. The molecule has 1 fully saturated rings. The van der Waals surface area contributed by atoms with Crippen molar-refractivity contribution in [2.45, 2.75) is 38.8 Å². The molecular weight excluding hydrogens is 256 g/mol. The van der Waals surface area contributed by atoms with Crippen LogP contribution in [0.15, 0.2) is 24.3 Å². The second kappa shape index (κ2) is 5.94. The Labute approximate surface area is 118 Å². The molecule has 108 valence electrons. The molecule has 0 bridgehead atoms. The SMILES string of the molecule is CC(C)C[C@H]1NC(=O)[C@@H](Cc2ccc(O)cc2)NC1=O. The number of amides is 2. The lowest BCUT2D eigenvalue weighted by molar-refractivity contribution is -0.137. The predicted molar refractivity (Wildman–Crippen MR) is 75.1 cm³/mol. The summed E-state index contributed by atoms with van der Waals surface area (Å²) in [5, 5.41) is 14.8. The van der Waals surface area contributed by atoms with Crippen LogP contribution in [0.5, 0.6) is 5.75 Å². The molecule has 1 aliphatic heterocycles. The van der Waals surface area contributed by atoms with Gasteiger partial charge in [0.05, 0.1) is 0 Å². The average molecular weight is 276 g/mol. The van der Waals surface area contributed by atoms with Crippen molar-refractivity contribution in [2.75, 3.05) is 0 Å². The molecule has 0 aliphatic carbocycles. The number of hydrogen-bond acceptors (Lipinski definition) is 3. The maximum atomic E-state index is 12.0. The zero-order valence-corrected chi connectivity index (χ0v) is 11.7. The number of phenols is 1.